The predicted octanol–water partition coefficient (Wildman–Crippen LogP) is 2.92. The zero-order chi connectivity index (χ0) is 14.8. The Bertz CT molecular complexity index is 588. The Kier molecular flexibility index (Phi) is 3.93. The van der Waals surface area contributed by atoms with Gasteiger partial charge in [0.05, 0.1) is 12.0 Å². The van der Waals surface area contributed by atoms with E-state index >= 15 is 0 Å². The molecule has 20 heavy (non-hydrogen) atoms. The summed E-state index contributed by atoms with van der Waals surface area (Å²) in [6, 6.07) is 11.7. The number of amides is 1. The topological polar surface area (TPSA) is 46.3 Å². The molecule has 0 aliphatic carbocycles. The second kappa shape index (κ2) is 5.49. The van der Waals surface area contributed by atoms with Crippen LogP contribution in [0.1, 0.15) is 30.9 Å². The fraction of sp³-hybridized carbons (Fsp3) is 0.375. The third-order valence-electron chi connectivity index (χ3n) is 3.45. The molecule has 1 amide bonds. The molecule has 1 aromatic heterocycles. The molecule has 0 fully saturated rings. The molecule has 2 rings (SSSR count). The van der Waals surface area contributed by atoms with Crippen LogP contribution in [0.25, 0.3) is 0 Å². The molecule has 0 unspecified atom stereocenters. The molecule has 0 spiro atoms. The van der Waals surface area contributed by atoms with Gasteiger partial charge in [0.1, 0.15) is 11.5 Å². The number of likely N-dealkylation sites (N-methyl/N-ethyl adjacent to an activating group) is 1. The Morgan fingerprint density at radius 3 is 2.50 bits per heavy atom. The van der Waals surface area contributed by atoms with Crippen molar-refractivity contribution in [1.29, 1.82) is 0 Å². The number of hydrogen-bond acceptors (Lipinski definition) is 3. The van der Waals surface area contributed by atoms with Crippen molar-refractivity contribution in [3.8, 4) is 0 Å². The van der Waals surface area contributed by atoms with E-state index < -0.39 is 5.41 Å². The van der Waals surface area contributed by atoms with Crippen LogP contribution in [-0.4, -0.2) is 23.0 Å². The standard InChI is InChI=1S/C16H20N2O2/c1-12-10-14(17-20-12)11-18(4)15(19)16(2,3)13-8-6-5-7-9-13/h5-10H,11H2,1-4H3. The maximum atomic E-state index is 12.6. The van der Waals surface area contributed by atoms with Crippen molar-refractivity contribution in [2.75, 3.05) is 7.05 Å². The lowest BCUT2D eigenvalue weighted by Crippen LogP contribution is -2.41. The number of rotatable bonds is 4. The van der Waals surface area contributed by atoms with Crippen molar-refractivity contribution in [3.63, 3.8) is 0 Å². The van der Waals surface area contributed by atoms with Crippen LogP contribution in [0.3, 0.4) is 0 Å². The van der Waals surface area contributed by atoms with E-state index in [4.69, 9.17) is 4.52 Å². The van der Waals surface area contributed by atoms with Crippen LogP contribution in [0, 0.1) is 6.92 Å². The maximum absolute atomic E-state index is 12.6. The third-order valence-corrected chi connectivity index (χ3v) is 3.45. The highest BCUT2D eigenvalue weighted by molar-refractivity contribution is 5.87. The van der Waals surface area contributed by atoms with Gasteiger partial charge in [0, 0.05) is 13.1 Å². The molecule has 0 bridgehead atoms. The fourth-order valence-corrected chi connectivity index (χ4v) is 2.26. The van der Waals surface area contributed by atoms with E-state index in [0.717, 1.165) is 17.0 Å². The van der Waals surface area contributed by atoms with Crippen molar-refractivity contribution in [3.05, 3.63) is 53.4 Å². The second-order valence-corrected chi connectivity index (χ2v) is 5.58. The Morgan fingerprint density at radius 2 is 1.95 bits per heavy atom. The van der Waals surface area contributed by atoms with Crippen LogP contribution in [0.5, 0.6) is 0 Å². The molecule has 4 heteroatoms. The Morgan fingerprint density at radius 1 is 1.30 bits per heavy atom. The molecular weight excluding hydrogens is 252 g/mol. The molecule has 0 atom stereocenters. The van der Waals surface area contributed by atoms with Gasteiger partial charge in [-0.1, -0.05) is 35.5 Å². The quantitative estimate of drug-likeness (QED) is 0.859. The zero-order valence-electron chi connectivity index (χ0n) is 12.4. The molecule has 4 nitrogen and oxygen atoms in total. The average Bonchev–Trinajstić information content (AvgIpc) is 2.84. The predicted molar refractivity (Wildman–Crippen MR) is 77.2 cm³/mol. The Labute approximate surface area is 119 Å². The van der Waals surface area contributed by atoms with Gasteiger partial charge in [-0.15, -0.1) is 0 Å². The van der Waals surface area contributed by atoms with E-state index in [2.05, 4.69) is 5.16 Å². The van der Waals surface area contributed by atoms with E-state index in [0.29, 0.717) is 6.54 Å². The fourth-order valence-electron chi connectivity index (χ4n) is 2.26. The van der Waals surface area contributed by atoms with Crippen molar-refractivity contribution >= 4 is 5.91 Å². The van der Waals surface area contributed by atoms with Crippen molar-refractivity contribution in [2.45, 2.75) is 32.7 Å². The summed E-state index contributed by atoms with van der Waals surface area (Å²) in [6.45, 7) is 6.17. The van der Waals surface area contributed by atoms with Crippen molar-refractivity contribution in [1.82, 2.24) is 10.1 Å². The summed E-state index contributed by atoms with van der Waals surface area (Å²) in [6.07, 6.45) is 0. The second-order valence-electron chi connectivity index (χ2n) is 5.58. The monoisotopic (exact) mass is 272 g/mol. The number of aromatic nitrogens is 1. The summed E-state index contributed by atoms with van der Waals surface area (Å²) < 4.78 is 5.03. The minimum absolute atomic E-state index is 0.0596. The average molecular weight is 272 g/mol. The van der Waals surface area contributed by atoms with Gasteiger partial charge in [-0.2, -0.15) is 0 Å². The first-order valence-corrected chi connectivity index (χ1v) is 6.64. The van der Waals surface area contributed by atoms with Gasteiger partial charge in [-0.3, -0.25) is 4.79 Å². The lowest BCUT2D eigenvalue weighted by molar-refractivity contribution is -0.135. The molecular formula is C16H20N2O2. The molecule has 1 heterocycles. The summed E-state index contributed by atoms with van der Waals surface area (Å²) in [5, 5.41) is 3.92. The van der Waals surface area contributed by atoms with Gasteiger partial charge < -0.3 is 9.42 Å². The summed E-state index contributed by atoms with van der Waals surface area (Å²) >= 11 is 0. The highest BCUT2D eigenvalue weighted by Gasteiger charge is 2.32. The molecule has 0 aliphatic heterocycles. The van der Waals surface area contributed by atoms with E-state index in [1.54, 1.807) is 11.9 Å². The van der Waals surface area contributed by atoms with E-state index in [1.807, 2.05) is 57.2 Å². The van der Waals surface area contributed by atoms with Crippen LogP contribution in [0.15, 0.2) is 40.9 Å². The summed E-state index contributed by atoms with van der Waals surface area (Å²) in [7, 11) is 1.79. The van der Waals surface area contributed by atoms with Crippen LogP contribution >= 0.6 is 0 Å². The molecule has 0 radical (unpaired) electrons. The van der Waals surface area contributed by atoms with Crippen LogP contribution in [0.2, 0.25) is 0 Å². The maximum Gasteiger partial charge on any atom is 0.232 e. The largest absolute Gasteiger partial charge is 0.361 e. The number of carbonyl (C=O) groups is 1. The first-order chi connectivity index (χ1) is 9.41. The van der Waals surface area contributed by atoms with Crippen molar-refractivity contribution in [2.24, 2.45) is 0 Å². The number of nitrogens with zero attached hydrogens (tertiary/aromatic N) is 2. The highest BCUT2D eigenvalue weighted by atomic mass is 16.5. The van der Waals surface area contributed by atoms with Gasteiger partial charge in [0.15, 0.2) is 0 Å². The number of hydrogen-bond donors (Lipinski definition) is 0. The molecule has 1 aromatic carbocycles. The Balaban J connectivity index is 2.13. The molecule has 106 valence electrons. The summed E-state index contributed by atoms with van der Waals surface area (Å²) in [5.41, 5.74) is 1.21. The normalized spacial score (nSPS) is 11.4. The Hall–Kier alpha value is -2.10. The van der Waals surface area contributed by atoms with Crippen LogP contribution < -0.4 is 0 Å². The van der Waals surface area contributed by atoms with E-state index in [9.17, 15) is 4.79 Å². The molecule has 0 aliphatic rings. The molecule has 0 saturated heterocycles. The van der Waals surface area contributed by atoms with E-state index in [-0.39, 0.29) is 5.91 Å². The summed E-state index contributed by atoms with van der Waals surface area (Å²) in [4.78, 5) is 14.3. The van der Waals surface area contributed by atoms with Gasteiger partial charge >= 0.3 is 0 Å². The van der Waals surface area contributed by atoms with Crippen LogP contribution in [-0.2, 0) is 16.8 Å². The SMILES string of the molecule is Cc1cc(CN(C)C(=O)C(C)(C)c2ccccc2)no1. The first-order valence-electron chi connectivity index (χ1n) is 6.64. The van der Waals surface area contributed by atoms with Gasteiger partial charge in [-0.25, -0.2) is 0 Å². The number of aryl methyl sites for hydroxylation is 1. The first kappa shape index (κ1) is 14.3. The zero-order valence-corrected chi connectivity index (χ0v) is 12.4. The molecule has 0 saturated carbocycles. The van der Waals surface area contributed by atoms with Gasteiger partial charge in [0.2, 0.25) is 5.91 Å². The van der Waals surface area contributed by atoms with Gasteiger partial charge in [-0.05, 0) is 26.3 Å². The minimum atomic E-state index is -0.561. The highest BCUT2D eigenvalue weighted by Crippen LogP contribution is 2.25. The smallest absolute Gasteiger partial charge is 0.232 e. The molecule has 0 N–H and O–H groups in total. The number of carbonyl (C=O) groups excluding carboxylic acids is 1. The third kappa shape index (κ3) is 2.90. The van der Waals surface area contributed by atoms with E-state index in [1.165, 1.54) is 0 Å². The van der Waals surface area contributed by atoms with Crippen LogP contribution in [0.4, 0.5) is 0 Å². The number of benzene rings is 1. The van der Waals surface area contributed by atoms with Gasteiger partial charge in [0.25, 0.3) is 0 Å². The molecule has 2 aromatic rings. The van der Waals surface area contributed by atoms with Crippen molar-refractivity contribution < 1.29 is 9.32 Å². The minimum Gasteiger partial charge on any atom is -0.361 e. The lowest BCUT2D eigenvalue weighted by atomic mass is 9.83. The lowest BCUT2D eigenvalue weighted by Gasteiger charge is -2.29. The summed E-state index contributed by atoms with van der Waals surface area (Å²) in [5.74, 6) is 0.813.